The average molecular weight is 292 g/mol. The summed E-state index contributed by atoms with van der Waals surface area (Å²) in [4.78, 5) is 7.01. The number of halogens is 1. The number of piperidine rings is 1. The molecule has 2 heterocycles. The number of rotatable bonds is 3. The predicted molar refractivity (Wildman–Crippen MR) is 80.1 cm³/mol. The molecular formula is C15H17FN2OS. The summed E-state index contributed by atoms with van der Waals surface area (Å²) in [5.74, 6) is 0.234. The van der Waals surface area contributed by atoms with Crippen molar-refractivity contribution in [3.63, 3.8) is 0 Å². The summed E-state index contributed by atoms with van der Waals surface area (Å²) in [5.41, 5.74) is 1.70. The molecule has 1 aromatic heterocycles. The van der Waals surface area contributed by atoms with Gasteiger partial charge in [-0.25, -0.2) is 9.37 Å². The van der Waals surface area contributed by atoms with Gasteiger partial charge in [0, 0.05) is 30.1 Å². The molecular weight excluding hydrogens is 275 g/mol. The Kier molecular flexibility index (Phi) is 3.87. The Morgan fingerprint density at radius 2 is 2.05 bits per heavy atom. The highest BCUT2D eigenvalue weighted by molar-refractivity contribution is 7.14. The maximum Gasteiger partial charge on any atom is 0.185 e. The van der Waals surface area contributed by atoms with Gasteiger partial charge >= 0.3 is 0 Å². The van der Waals surface area contributed by atoms with Gasteiger partial charge in [0.1, 0.15) is 11.6 Å². The third-order valence-electron chi connectivity index (χ3n) is 3.56. The molecule has 0 N–H and O–H groups in total. The monoisotopic (exact) mass is 292 g/mol. The minimum Gasteiger partial charge on any atom is -0.496 e. The minimum absolute atomic E-state index is 0.294. The van der Waals surface area contributed by atoms with Crippen LogP contribution in [-0.2, 0) is 0 Å². The largest absolute Gasteiger partial charge is 0.496 e. The smallest absolute Gasteiger partial charge is 0.185 e. The van der Waals surface area contributed by atoms with Crippen molar-refractivity contribution in [1.29, 1.82) is 0 Å². The lowest BCUT2D eigenvalue weighted by Crippen LogP contribution is -2.29. The Morgan fingerprint density at radius 3 is 2.80 bits per heavy atom. The molecule has 5 heteroatoms. The van der Waals surface area contributed by atoms with E-state index >= 15 is 0 Å². The maximum atomic E-state index is 13.2. The van der Waals surface area contributed by atoms with Crippen molar-refractivity contribution < 1.29 is 9.13 Å². The van der Waals surface area contributed by atoms with Crippen LogP contribution in [0.5, 0.6) is 5.75 Å². The molecule has 0 atom stereocenters. The van der Waals surface area contributed by atoms with Crippen LogP contribution in [-0.4, -0.2) is 25.2 Å². The molecule has 0 unspecified atom stereocenters. The molecule has 3 nitrogen and oxygen atoms in total. The molecule has 3 rings (SSSR count). The van der Waals surface area contributed by atoms with Gasteiger partial charge in [-0.05, 0) is 31.4 Å². The van der Waals surface area contributed by atoms with Gasteiger partial charge in [-0.15, -0.1) is 11.3 Å². The molecule has 106 valence electrons. The van der Waals surface area contributed by atoms with Crippen molar-refractivity contribution in [3.8, 4) is 17.0 Å². The molecule has 1 aromatic carbocycles. The SMILES string of the molecule is COc1cc(F)ccc1-c1csc(N2CCCCC2)n1. The van der Waals surface area contributed by atoms with E-state index in [0.717, 1.165) is 29.5 Å². The molecule has 0 spiro atoms. The van der Waals surface area contributed by atoms with E-state index in [1.807, 2.05) is 5.38 Å². The van der Waals surface area contributed by atoms with Crippen LogP contribution in [0.4, 0.5) is 9.52 Å². The van der Waals surface area contributed by atoms with E-state index in [2.05, 4.69) is 9.88 Å². The van der Waals surface area contributed by atoms with Crippen molar-refractivity contribution >= 4 is 16.5 Å². The molecule has 1 aliphatic rings. The van der Waals surface area contributed by atoms with Gasteiger partial charge in [-0.1, -0.05) is 0 Å². The second-order valence-electron chi connectivity index (χ2n) is 4.91. The number of benzene rings is 1. The highest BCUT2D eigenvalue weighted by Gasteiger charge is 2.16. The molecule has 1 fully saturated rings. The van der Waals surface area contributed by atoms with Crippen LogP contribution in [0.15, 0.2) is 23.6 Å². The lowest BCUT2D eigenvalue weighted by atomic mass is 10.1. The summed E-state index contributed by atoms with van der Waals surface area (Å²) in [6.07, 6.45) is 3.77. The van der Waals surface area contributed by atoms with Crippen LogP contribution in [0, 0.1) is 5.82 Å². The van der Waals surface area contributed by atoms with E-state index in [9.17, 15) is 4.39 Å². The first-order chi connectivity index (χ1) is 9.78. The van der Waals surface area contributed by atoms with Gasteiger partial charge in [-0.2, -0.15) is 0 Å². The highest BCUT2D eigenvalue weighted by Crippen LogP contribution is 2.34. The zero-order valence-corrected chi connectivity index (χ0v) is 12.3. The number of anilines is 1. The van der Waals surface area contributed by atoms with Crippen LogP contribution in [0.2, 0.25) is 0 Å². The fraction of sp³-hybridized carbons (Fsp3) is 0.400. The van der Waals surface area contributed by atoms with Crippen molar-refractivity contribution in [2.75, 3.05) is 25.1 Å². The number of thiazole rings is 1. The summed E-state index contributed by atoms with van der Waals surface area (Å²) >= 11 is 1.64. The third-order valence-corrected chi connectivity index (χ3v) is 4.46. The fourth-order valence-electron chi connectivity index (χ4n) is 2.50. The summed E-state index contributed by atoms with van der Waals surface area (Å²) in [5, 5.41) is 3.06. The van der Waals surface area contributed by atoms with E-state index in [4.69, 9.17) is 4.74 Å². The summed E-state index contributed by atoms with van der Waals surface area (Å²) in [7, 11) is 1.55. The lowest BCUT2D eigenvalue weighted by Gasteiger charge is -2.25. The van der Waals surface area contributed by atoms with Gasteiger partial charge in [0.05, 0.1) is 12.8 Å². The van der Waals surface area contributed by atoms with Crippen LogP contribution < -0.4 is 9.64 Å². The van der Waals surface area contributed by atoms with E-state index < -0.39 is 0 Å². The van der Waals surface area contributed by atoms with Gasteiger partial charge in [-0.3, -0.25) is 0 Å². The van der Waals surface area contributed by atoms with Gasteiger partial charge in [0.2, 0.25) is 0 Å². The summed E-state index contributed by atoms with van der Waals surface area (Å²) in [6, 6.07) is 4.57. The molecule has 0 bridgehead atoms. The Bertz CT molecular complexity index is 593. The van der Waals surface area contributed by atoms with Gasteiger partial charge in [0.15, 0.2) is 5.13 Å². The average Bonchev–Trinajstić information content (AvgIpc) is 2.97. The number of hydrogen-bond donors (Lipinski definition) is 0. The summed E-state index contributed by atoms with van der Waals surface area (Å²) < 4.78 is 18.5. The van der Waals surface area contributed by atoms with Crippen molar-refractivity contribution in [3.05, 3.63) is 29.4 Å². The number of nitrogens with zero attached hydrogens (tertiary/aromatic N) is 2. The zero-order chi connectivity index (χ0) is 13.9. The Hall–Kier alpha value is -1.62. The van der Waals surface area contributed by atoms with Crippen LogP contribution in [0.25, 0.3) is 11.3 Å². The first kappa shape index (κ1) is 13.4. The first-order valence-electron chi connectivity index (χ1n) is 6.82. The molecule has 0 amide bonds. The van der Waals surface area contributed by atoms with Gasteiger partial charge < -0.3 is 9.64 Å². The summed E-state index contributed by atoms with van der Waals surface area (Å²) in [6.45, 7) is 2.15. The van der Waals surface area contributed by atoms with E-state index in [1.54, 1.807) is 24.5 Å². The first-order valence-corrected chi connectivity index (χ1v) is 7.70. The number of hydrogen-bond acceptors (Lipinski definition) is 4. The van der Waals surface area contributed by atoms with Crippen molar-refractivity contribution in [2.45, 2.75) is 19.3 Å². The Labute approximate surface area is 122 Å². The highest BCUT2D eigenvalue weighted by atomic mass is 32.1. The van der Waals surface area contributed by atoms with Crippen LogP contribution >= 0.6 is 11.3 Å². The Balaban J connectivity index is 1.89. The molecule has 0 aliphatic carbocycles. The van der Waals surface area contributed by atoms with Crippen molar-refractivity contribution in [2.24, 2.45) is 0 Å². The standard InChI is InChI=1S/C15H17FN2OS/c1-19-14-9-11(16)5-6-12(14)13-10-20-15(17-13)18-7-3-2-4-8-18/h5-6,9-10H,2-4,7-8H2,1H3. The predicted octanol–water partition coefficient (Wildman–Crippen LogP) is 3.95. The maximum absolute atomic E-state index is 13.2. The normalized spacial score (nSPS) is 15.4. The minimum atomic E-state index is -0.294. The second kappa shape index (κ2) is 5.79. The second-order valence-corrected chi connectivity index (χ2v) is 5.74. The third kappa shape index (κ3) is 2.63. The molecule has 1 aliphatic heterocycles. The Morgan fingerprint density at radius 1 is 1.25 bits per heavy atom. The molecule has 0 saturated carbocycles. The number of ether oxygens (including phenoxy) is 1. The quantitative estimate of drug-likeness (QED) is 0.856. The molecule has 20 heavy (non-hydrogen) atoms. The lowest BCUT2D eigenvalue weighted by molar-refractivity contribution is 0.413. The zero-order valence-electron chi connectivity index (χ0n) is 11.4. The van der Waals surface area contributed by atoms with Crippen molar-refractivity contribution in [1.82, 2.24) is 4.98 Å². The number of aromatic nitrogens is 1. The molecule has 0 radical (unpaired) electrons. The molecule has 1 saturated heterocycles. The topological polar surface area (TPSA) is 25.4 Å². The number of methoxy groups -OCH3 is 1. The fourth-order valence-corrected chi connectivity index (χ4v) is 3.37. The van der Waals surface area contributed by atoms with Crippen LogP contribution in [0.1, 0.15) is 19.3 Å². The van der Waals surface area contributed by atoms with Gasteiger partial charge in [0.25, 0.3) is 0 Å². The van der Waals surface area contributed by atoms with Crippen LogP contribution in [0.3, 0.4) is 0 Å². The van der Waals surface area contributed by atoms with E-state index in [-0.39, 0.29) is 5.82 Å². The van der Waals surface area contributed by atoms with E-state index in [0.29, 0.717) is 5.75 Å². The van der Waals surface area contributed by atoms with E-state index in [1.165, 1.54) is 31.4 Å². The molecule has 2 aromatic rings.